The number of carbonyl (C=O) groups is 1. The molecule has 2 aromatic rings. The van der Waals surface area contributed by atoms with Gasteiger partial charge in [-0.2, -0.15) is 5.10 Å². The third-order valence-corrected chi connectivity index (χ3v) is 3.39. The first-order valence-electron chi connectivity index (χ1n) is 6.43. The minimum Gasteiger partial charge on any atom is -0.465 e. The molecule has 0 bridgehead atoms. The Morgan fingerprint density at radius 3 is 3.26 bits per heavy atom. The predicted octanol–water partition coefficient (Wildman–Crippen LogP) is 0.810. The van der Waals surface area contributed by atoms with E-state index in [2.05, 4.69) is 15.4 Å². The van der Waals surface area contributed by atoms with Gasteiger partial charge < -0.3 is 10.1 Å². The van der Waals surface area contributed by atoms with Crippen molar-refractivity contribution in [2.75, 3.05) is 13.7 Å². The summed E-state index contributed by atoms with van der Waals surface area (Å²) in [7, 11) is 1.37. The summed E-state index contributed by atoms with van der Waals surface area (Å²) in [6.45, 7) is 1.07. The molecule has 1 aliphatic heterocycles. The zero-order chi connectivity index (χ0) is 13.2. The molecule has 6 heteroatoms. The number of fused-ring (bicyclic) bond motifs is 1. The highest BCUT2D eigenvalue weighted by molar-refractivity contribution is 5.90. The Labute approximate surface area is 110 Å². The monoisotopic (exact) mass is 260 g/mol. The molecule has 19 heavy (non-hydrogen) atoms. The lowest BCUT2D eigenvalue weighted by Crippen LogP contribution is -2.24. The Bertz CT molecular complexity index is 602. The fourth-order valence-corrected chi connectivity index (χ4v) is 2.41. The first-order valence-corrected chi connectivity index (χ1v) is 6.43. The molecule has 1 N–H and O–H groups in total. The fraction of sp³-hybridized carbons (Fsp3) is 0.462. The van der Waals surface area contributed by atoms with Gasteiger partial charge in [-0.25, -0.2) is 14.3 Å². The topological polar surface area (TPSA) is 68.5 Å². The van der Waals surface area contributed by atoms with Crippen LogP contribution in [0.3, 0.4) is 0 Å². The van der Waals surface area contributed by atoms with Gasteiger partial charge in [-0.3, -0.25) is 0 Å². The van der Waals surface area contributed by atoms with Gasteiger partial charge in [0.15, 0.2) is 11.5 Å². The maximum atomic E-state index is 11.5. The summed E-state index contributed by atoms with van der Waals surface area (Å²) in [5.41, 5.74) is 1.17. The number of ether oxygens (including phenoxy) is 1. The number of hydrogen-bond acceptors (Lipinski definition) is 5. The highest BCUT2D eigenvalue weighted by atomic mass is 16.5. The van der Waals surface area contributed by atoms with E-state index in [1.807, 2.05) is 0 Å². The third-order valence-electron chi connectivity index (χ3n) is 3.39. The average Bonchev–Trinajstić information content (AvgIpc) is 3.05. The largest absolute Gasteiger partial charge is 0.465 e. The third kappa shape index (κ3) is 2.44. The van der Waals surface area contributed by atoms with Crippen molar-refractivity contribution in [3.8, 4) is 0 Å². The van der Waals surface area contributed by atoms with Crippen LogP contribution in [0.5, 0.6) is 0 Å². The lowest BCUT2D eigenvalue weighted by atomic mass is 10.1. The van der Waals surface area contributed by atoms with Crippen LogP contribution in [0.2, 0.25) is 0 Å². The summed E-state index contributed by atoms with van der Waals surface area (Å²) in [5.74, 6) is 0.450. The highest BCUT2D eigenvalue weighted by Crippen LogP contribution is 2.12. The summed E-state index contributed by atoms with van der Waals surface area (Å²) in [5, 5.41) is 7.84. The van der Waals surface area contributed by atoms with Crippen molar-refractivity contribution in [1.29, 1.82) is 0 Å². The zero-order valence-corrected chi connectivity index (χ0v) is 10.8. The van der Waals surface area contributed by atoms with Gasteiger partial charge in [-0.15, -0.1) is 0 Å². The molecule has 0 amide bonds. The molecule has 1 unspecified atom stereocenters. The maximum absolute atomic E-state index is 11.5. The van der Waals surface area contributed by atoms with Crippen molar-refractivity contribution >= 4 is 11.6 Å². The Morgan fingerprint density at radius 2 is 2.53 bits per heavy atom. The molecular weight excluding hydrogens is 244 g/mol. The first kappa shape index (κ1) is 12.1. The standard InChI is InChI=1S/C13H16N4O2/c1-19-13(18)9-4-6-17-12(7-9)15-11(16-17)8-10-3-2-5-14-10/h4,6-7,10,14H,2-3,5,8H2,1H3. The molecule has 0 saturated carbocycles. The maximum Gasteiger partial charge on any atom is 0.338 e. The number of methoxy groups -OCH3 is 1. The minimum atomic E-state index is -0.357. The number of pyridine rings is 1. The lowest BCUT2D eigenvalue weighted by molar-refractivity contribution is 0.0600. The normalized spacial score (nSPS) is 18.9. The Kier molecular flexibility index (Phi) is 3.16. The number of carbonyl (C=O) groups excluding carboxylic acids is 1. The Balaban J connectivity index is 1.85. The smallest absolute Gasteiger partial charge is 0.338 e. The van der Waals surface area contributed by atoms with Gasteiger partial charge in [0.25, 0.3) is 0 Å². The number of esters is 1. The lowest BCUT2D eigenvalue weighted by Gasteiger charge is -2.05. The second-order valence-electron chi connectivity index (χ2n) is 4.74. The first-order chi connectivity index (χ1) is 9.26. The van der Waals surface area contributed by atoms with Crippen LogP contribution in [0.4, 0.5) is 0 Å². The second kappa shape index (κ2) is 4.97. The van der Waals surface area contributed by atoms with Crippen molar-refractivity contribution in [3.63, 3.8) is 0 Å². The average molecular weight is 260 g/mol. The van der Waals surface area contributed by atoms with Crippen LogP contribution in [0.25, 0.3) is 5.65 Å². The fourth-order valence-electron chi connectivity index (χ4n) is 2.41. The summed E-state index contributed by atoms with van der Waals surface area (Å²) in [6, 6.07) is 3.85. The molecular formula is C13H16N4O2. The summed E-state index contributed by atoms with van der Waals surface area (Å²) >= 11 is 0. The van der Waals surface area contributed by atoms with Gasteiger partial charge in [-0.05, 0) is 31.5 Å². The molecule has 0 aliphatic carbocycles. The quantitative estimate of drug-likeness (QED) is 0.827. The molecule has 1 fully saturated rings. The number of aromatic nitrogens is 3. The molecule has 1 aliphatic rings. The molecule has 1 atom stereocenters. The zero-order valence-electron chi connectivity index (χ0n) is 10.8. The highest BCUT2D eigenvalue weighted by Gasteiger charge is 2.17. The summed E-state index contributed by atoms with van der Waals surface area (Å²) in [4.78, 5) is 15.9. The molecule has 6 nitrogen and oxygen atoms in total. The van der Waals surface area contributed by atoms with Gasteiger partial charge in [0.2, 0.25) is 0 Å². The van der Waals surface area contributed by atoms with Crippen molar-refractivity contribution in [2.45, 2.75) is 25.3 Å². The molecule has 0 radical (unpaired) electrons. The van der Waals surface area contributed by atoms with E-state index < -0.39 is 0 Å². The molecule has 3 heterocycles. The van der Waals surface area contributed by atoms with Gasteiger partial charge in [0.1, 0.15) is 0 Å². The van der Waals surface area contributed by atoms with E-state index >= 15 is 0 Å². The Morgan fingerprint density at radius 1 is 1.63 bits per heavy atom. The number of hydrogen-bond donors (Lipinski definition) is 1. The van der Waals surface area contributed by atoms with Crippen LogP contribution in [0.15, 0.2) is 18.3 Å². The molecule has 0 aromatic carbocycles. The second-order valence-corrected chi connectivity index (χ2v) is 4.74. The van der Waals surface area contributed by atoms with Crippen LogP contribution in [0.1, 0.15) is 29.0 Å². The van der Waals surface area contributed by atoms with Gasteiger partial charge in [0.05, 0.1) is 12.7 Å². The van der Waals surface area contributed by atoms with E-state index in [1.165, 1.54) is 20.0 Å². The number of nitrogens with zero attached hydrogens (tertiary/aromatic N) is 3. The molecule has 100 valence electrons. The Hall–Kier alpha value is -1.95. The van der Waals surface area contributed by atoms with E-state index in [0.717, 1.165) is 18.8 Å². The van der Waals surface area contributed by atoms with Crippen LogP contribution in [0, 0.1) is 0 Å². The molecule has 3 rings (SSSR count). The van der Waals surface area contributed by atoms with Gasteiger partial charge >= 0.3 is 5.97 Å². The predicted molar refractivity (Wildman–Crippen MR) is 69.1 cm³/mol. The molecule has 0 spiro atoms. The molecule has 2 aromatic heterocycles. The minimum absolute atomic E-state index is 0.357. The van der Waals surface area contributed by atoms with Crippen LogP contribution < -0.4 is 5.32 Å². The van der Waals surface area contributed by atoms with Crippen molar-refractivity contribution in [1.82, 2.24) is 19.9 Å². The van der Waals surface area contributed by atoms with Crippen LogP contribution in [-0.4, -0.2) is 40.3 Å². The van der Waals surface area contributed by atoms with Crippen molar-refractivity contribution in [2.24, 2.45) is 0 Å². The van der Waals surface area contributed by atoms with E-state index in [4.69, 9.17) is 4.74 Å². The van der Waals surface area contributed by atoms with E-state index in [-0.39, 0.29) is 5.97 Å². The van der Waals surface area contributed by atoms with Crippen molar-refractivity contribution in [3.05, 3.63) is 29.7 Å². The SMILES string of the molecule is COC(=O)c1ccn2nc(CC3CCCN3)nc2c1. The van der Waals surface area contributed by atoms with Gasteiger partial charge in [-0.1, -0.05) is 0 Å². The summed E-state index contributed by atoms with van der Waals surface area (Å²) < 4.78 is 6.38. The van der Waals surface area contributed by atoms with Crippen LogP contribution in [-0.2, 0) is 11.2 Å². The van der Waals surface area contributed by atoms with Gasteiger partial charge in [0, 0.05) is 18.7 Å². The number of nitrogens with one attached hydrogen (secondary N) is 1. The van der Waals surface area contributed by atoms with E-state index in [1.54, 1.807) is 22.8 Å². The molecule has 1 saturated heterocycles. The van der Waals surface area contributed by atoms with Crippen molar-refractivity contribution < 1.29 is 9.53 Å². The summed E-state index contributed by atoms with van der Waals surface area (Å²) in [6.07, 6.45) is 4.95. The number of rotatable bonds is 3. The van der Waals surface area contributed by atoms with Crippen LogP contribution >= 0.6 is 0 Å². The van der Waals surface area contributed by atoms with E-state index in [9.17, 15) is 4.79 Å². The van der Waals surface area contributed by atoms with E-state index in [0.29, 0.717) is 17.3 Å².